The molecular formula is C25H43NO18. The van der Waals surface area contributed by atoms with E-state index in [1.54, 1.807) is 0 Å². The van der Waals surface area contributed by atoms with E-state index in [2.05, 4.69) is 5.32 Å². The van der Waals surface area contributed by atoms with Gasteiger partial charge in [-0.15, -0.1) is 0 Å². The fourth-order valence-corrected chi connectivity index (χ4v) is 5.81. The minimum Gasteiger partial charge on any atom is -0.394 e. The summed E-state index contributed by atoms with van der Waals surface area (Å²) in [7, 11) is 0. The lowest BCUT2D eigenvalue weighted by Gasteiger charge is -2.48. The fourth-order valence-electron chi connectivity index (χ4n) is 5.81. The Bertz CT molecular complexity index is 958. The first-order chi connectivity index (χ1) is 20.7. The van der Waals surface area contributed by atoms with Crippen LogP contribution in [0.3, 0.4) is 0 Å². The Labute approximate surface area is 250 Å². The second-order valence-electron chi connectivity index (χ2n) is 11.4. The summed E-state index contributed by atoms with van der Waals surface area (Å²) in [5, 5.41) is 136. The molecule has 3 fully saturated rings. The van der Waals surface area contributed by atoms with Gasteiger partial charge in [0, 0.05) is 0 Å². The minimum atomic E-state index is -1.93. The first kappa shape index (κ1) is 35.8. The Balaban J connectivity index is 1.42. The molecule has 0 aromatic heterocycles. The van der Waals surface area contributed by atoms with Gasteiger partial charge in [-0.05, 0) is 12.5 Å². The third kappa shape index (κ3) is 6.96. The van der Waals surface area contributed by atoms with Crippen molar-refractivity contribution < 1.29 is 90.1 Å². The number of nitrogens with one attached hydrogen (secondary N) is 1. The highest BCUT2D eigenvalue weighted by atomic mass is 16.7. The number of ether oxygens (including phenoxy) is 5. The number of rotatable bonds is 9. The van der Waals surface area contributed by atoms with Crippen LogP contribution in [0.1, 0.15) is 6.92 Å². The summed E-state index contributed by atoms with van der Waals surface area (Å²) in [5.74, 6) is 0. The quantitative estimate of drug-likeness (QED) is 0.103. The van der Waals surface area contributed by atoms with E-state index in [0.29, 0.717) is 0 Å². The second-order valence-corrected chi connectivity index (χ2v) is 11.4. The van der Waals surface area contributed by atoms with Crippen LogP contribution in [0.5, 0.6) is 0 Å². The molecule has 14 N–H and O–H groups in total. The third-order valence-corrected chi connectivity index (χ3v) is 8.48. The van der Waals surface area contributed by atoms with Gasteiger partial charge in [0.15, 0.2) is 18.9 Å². The van der Waals surface area contributed by atoms with E-state index in [-0.39, 0.29) is 5.57 Å². The maximum atomic E-state index is 10.9. The Morgan fingerprint density at radius 1 is 0.636 bits per heavy atom. The van der Waals surface area contributed by atoms with Crippen LogP contribution >= 0.6 is 0 Å². The molecule has 19 heteroatoms. The molecular weight excluding hydrogens is 602 g/mol. The van der Waals surface area contributed by atoms with E-state index in [4.69, 9.17) is 23.7 Å². The van der Waals surface area contributed by atoms with Gasteiger partial charge in [-0.1, -0.05) is 6.08 Å². The molecule has 256 valence electrons. The predicted molar refractivity (Wildman–Crippen MR) is 138 cm³/mol. The van der Waals surface area contributed by atoms with Crippen LogP contribution in [0, 0.1) is 0 Å². The van der Waals surface area contributed by atoms with E-state index in [9.17, 15) is 66.4 Å². The van der Waals surface area contributed by atoms with Gasteiger partial charge in [-0.3, -0.25) is 0 Å². The highest BCUT2D eigenvalue weighted by Gasteiger charge is 2.53. The first-order valence-corrected chi connectivity index (χ1v) is 14.1. The predicted octanol–water partition coefficient (Wildman–Crippen LogP) is -8.56. The molecule has 0 radical (unpaired) electrons. The first-order valence-electron chi connectivity index (χ1n) is 14.1. The summed E-state index contributed by atoms with van der Waals surface area (Å²) in [6, 6.07) is -2.17. The van der Waals surface area contributed by atoms with Crippen LogP contribution in [0.4, 0.5) is 0 Å². The van der Waals surface area contributed by atoms with Crippen LogP contribution in [0.2, 0.25) is 0 Å². The monoisotopic (exact) mass is 645 g/mol. The smallest absolute Gasteiger partial charge is 0.187 e. The van der Waals surface area contributed by atoms with E-state index in [1.807, 2.05) is 0 Å². The van der Waals surface area contributed by atoms with Gasteiger partial charge < -0.3 is 95.4 Å². The SMILES string of the molecule is C[C@H]1O[C@H](O[C@H]2[C@H](O)[C@@H](O)[C@@H](O[C@@H]3[C@H](O)[C@@H](O)[C@@H](O)O[C@@H]3CO)O[C@@H]2CO)[C@H](O)[C@@H](O)[C@@H]1N[C@H]1C=C(CO)[C@@H](O)[C@H](O)[C@H]1O. The van der Waals surface area contributed by atoms with E-state index < -0.39 is 136 Å². The number of aliphatic hydroxyl groups excluding tert-OH is 13. The van der Waals surface area contributed by atoms with E-state index >= 15 is 0 Å². The second kappa shape index (κ2) is 14.8. The fraction of sp³-hybridized carbons (Fsp3) is 0.920. The number of aliphatic hydroxyl groups is 13. The summed E-state index contributed by atoms with van der Waals surface area (Å²) in [4.78, 5) is 0. The van der Waals surface area contributed by atoms with Crippen LogP contribution in [-0.2, 0) is 23.7 Å². The molecule has 0 aromatic rings. The molecule has 0 unspecified atom stereocenters. The van der Waals surface area contributed by atoms with Gasteiger partial charge in [-0.2, -0.15) is 0 Å². The summed E-state index contributed by atoms with van der Waals surface area (Å²) >= 11 is 0. The van der Waals surface area contributed by atoms with Gasteiger partial charge in [0.2, 0.25) is 0 Å². The van der Waals surface area contributed by atoms with Gasteiger partial charge in [-0.25, -0.2) is 0 Å². The molecule has 0 amide bonds. The Morgan fingerprint density at radius 2 is 1.16 bits per heavy atom. The standard InChI is InChI=1S/C25H43NO18/c1-6-11(26-8-2-7(3-27)12(30)15(33)13(8)31)14(32)19(37)24(40-6)43-22-10(5-29)42-25(20(38)17(22)35)44-21-9(4-28)41-23(39)18(36)16(21)34/h2,6,8-39H,3-5H2,1H3/t6-,8+,9-,10-,11-,12-,13+,14+,15+,16-,17-,18-,19-,20-,21+,22-,23+,24-,25-/m1/s1. The zero-order valence-electron chi connectivity index (χ0n) is 23.5. The highest BCUT2D eigenvalue weighted by Crippen LogP contribution is 2.32. The third-order valence-electron chi connectivity index (χ3n) is 8.48. The summed E-state index contributed by atoms with van der Waals surface area (Å²) < 4.78 is 27.4. The molecule has 3 saturated heterocycles. The lowest BCUT2D eigenvalue weighted by atomic mass is 9.86. The Morgan fingerprint density at radius 3 is 1.73 bits per heavy atom. The summed E-state index contributed by atoms with van der Waals surface area (Å²) in [6.45, 7) is -0.753. The van der Waals surface area contributed by atoms with Crippen molar-refractivity contribution in [1.29, 1.82) is 0 Å². The zero-order chi connectivity index (χ0) is 32.6. The average molecular weight is 646 g/mol. The summed E-state index contributed by atoms with van der Waals surface area (Å²) in [5.41, 5.74) is 0.0225. The molecule has 1 aliphatic carbocycles. The zero-order valence-corrected chi connectivity index (χ0v) is 23.5. The molecule has 0 aromatic carbocycles. The maximum Gasteiger partial charge on any atom is 0.187 e. The normalized spacial score (nSPS) is 52.0. The van der Waals surface area contributed by atoms with Gasteiger partial charge in [0.05, 0.1) is 38.0 Å². The minimum absolute atomic E-state index is 0.0225. The Hall–Kier alpha value is -1.02. The Kier molecular flexibility index (Phi) is 12.1. The molecule has 3 aliphatic heterocycles. The van der Waals surface area contributed by atoms with Crippen molar-refractivity contribution in [3.63, 3.8) is 0 Å². The summed E-state index contributed by atoms with van der Waals surface area (Å²) in [6.07, 6.45) is -26.6. The van der Waals surface area contributed by atoms with E-state index in [0.717, 1.165) is 0 Å². The molecule has 44 heavy (non-hydrogen) atoms. The lowest BCUT2D eigenvalue weighted by molar-refractivity contribution is -0.373. The molecule has 19 nitrogen and oxygen atoms in total. The molecule has 0 spiro atoms. The molecule has 4 rings (SSSR count). The van der Waals surface area contributed by atoms with Gasteiger partial charge >= 0.3 is 0 Å². The maximum absolute atomic E-state index is 10.9. The molecule has 4 aliphatic rings. The molecule has 19 atom stereocenters. The lowest BCUT2D eigenvalue weighted by Crippen LogP contribution is -2.68. The van der Waals surface area contributed by atoms with Crippen LogP contribution < -0.4 is 5.32 Å². The highest BCUT2D eigenvalue weighted by molar-refractivity contribution is 5.22. The number of hydrogen-bond acceptors (Lipinski definition) is 19. The van der Waals surface area contributed by atoms with Crippen LogP contribution in [0.15, 0.2) is 11.6 Å². The van der Waals surface area contributed by atoms with Crippen LogP contribution in [-0.4, -0.2) is 203 Å². The largest absolute Gasteiger partial charge is 0.394 e. The molecule has 0 saturated carbocycles. The van der Waals surface area contributed by atoms with Crippen molar-refractivity contribution in [2.75, 3.05) is 19.8 Å². The van der Waals surface area contributed by atoms with E-state index in [1.165, 1.54) is 13.0 Å². The van der Waals surface area contributed by atoms with Crippen molar-refractivity contribution in [1.82, 2.24) is 5.32 Å². The topological polar surface area (TPSA) is 321 Å². The van der Waals surface area contributed by atoms with Crippen molar-refractivity contribution in [2.24, 2.45) is 0 Å². The number of hydrogen-bond donors (Lipinski definition) is 14. The average Bonchev–Trinajstić information content (AvgIpc) is 3.00. The van der Waals surface area contributed by atoms with Gasteiger partial charge in [0.1, 0.15) is 79.4 Å². The van der Waals surface area contributed by atoms with Gasteiger partial charge in [0.25, 0.3) is 0 Å². The van der Waals surface area contributed by atoms with Crippen molar-refractivity contribution in [2.45, 2.75) is 123 Å². The van der Waals surface area contributed by atoms with Crippen LogP contribution in [0.25, 0.3) is 0 Å². The van der Waals surface area contributed by atoms with Crippen molar-refractivity contribution in [3.8, 4) is 0 Å². The molecule has 3 heterocycles. The van der Waals surface area contributed by atoms with Crippen molar-refractivity contribution >= 4 is 0 Å². The molecule has 0 bridgehead atoms. The van der Waals surface area contributed by atoms with Crippen molar-refractivity contribution in [3.05, 3.63) is 11.6 Å².